The first kappa shape index (κ1) is 31.9. The number of morpholine rings is 1. The van der Waals surface area contributed by atoms with Crippen LogP contribution in [0.25, 0.3) is 10.9 Å². The van der Waals surface area contributed by atoms with E-state index in [0.717, 1.165) is 18.7 Å². The second-order valence-corrected chi connectivity index (χ2v) is 11.6. The molecule has 0 saturated carbocycles. The van der Waals surface area contributed by atoms with Crippen molar-refractivity contribution in [1.82, 2.24) is 14.8 Å². The lowest BCUT2D eigenvalue weighted by Gasteiger charge is -2.39. The van der Waals surface area contributed by atoms with Gasteiger partial charge in [-0.1, -0.05) is 0 Å². The summed E-state index contributed by atoms with van der Waals surface area (Å²) in [5.74, 6) is -3.38. The number of alkyl halides is 1. The summed E-state index contributed by atoms with van der Waals surface area (Å²) in [6.07, 6.45) is 1.13. The van der Waals surface area contributed by atoms with Crippen molar-refractivity contribution < 1.29 is 36.9 Å². The Balaban J connectivity index is 1.25. The van der Waals surface area contributed by atoms with Crippen molar-refractivity contribution in [2.45, 2.75) is 38.4 Å². The maximum Gasteiger partial charge on any atom is 0.309 e. The van der Waals surface area contributed by atoms with Crippen LogP contribution in [0.4, 0.5) is 23.2 Å². The van der Waals surface area contributed by atoms with Crippen molar-refractivity contribution in [3.8, 4) is 5.75 Å². The molecule has 2 saturated heterocycles. The molecule has 3 heterocycles. The molecule has 1 atom stereocenters. The number of aromatic nitrogens is 1. The van der Waals surface area contributed by atoms with Gasteiger partial charge >= 0.3 is 5.97 Å². The summed E-state index contributed by atoms with van der Waals surface area (Å²) >= 11 is 0. The molecule has 0 bridgehead atoms. The highest BCUT2D eigenvalue weighted by atomic mass is 19.1. The van der Waals surface area contributed by atoms with Crippen LogP contribution in [0.15, 0.2) is 36.5 Å². The number of hydrogen-bond donors (Lipinski definition) is 2. The lowest BCUT2D eigenvalue weighted by Crippen LogP contribution is -2.45. The molecule has 44 heavy (non-hydrogen) atoms. The lowest BCUT2D eigenvalue weighted by atomic mass is 9.74. The number of anilines is 1. The van der Waals surface area contributed by atoms with Gasteiger partial charge in [-0.3, -0.25) is 14.7 Å². The summed E-state index contributed by atoms with van der Waals surface area (Å²) < 4.78 is 68.3. The van der Waals surface area contributed by atoms with Crippen molar-refractivity contribution in [2.75, 3.05) is 64.9 Å². The quantitative estimate of drug-likeness (QED) is 0.255. The van der Waals surface area contributed by atoms with Gasteiger partial charge in [-0.15, -0.1) is 0 Å². The van der Waals surface area contributed by atoms with E-state index in [2.05, 4.69) is 15.2 Å². The number of fused-ring (bicyclic) bond motifs is 1. The third-order valence-corrected chi connectivity index (χ3v) is 8.89. The van der Waals surface area contributed by atoms with Crippen molar-refractivity contribution >= 4 is 22.6 Å². The first-order chi connectivity index (χ1) is 21.2. The maximum atomic E-state index is 16.4. The SMILES string of the molecule is COc1ccc2ncc(CN3CCOCC3)c([C@@H](F)CCC3(C(=O)O)CCN(CCNc4c(F)cc(F)cc4F)CC3)c2c1. The number of carboxylic acid groups (broad SMARTS) is 1. The average Bonchev–Trinajstić information content (AvgIpc) is 3.01. The number of hydrogen-bond acceptors (Lipinski definition) is 7. The number of aliphatic carboxylic acids is 1. The number of ether oxygens (including phenoxy) is 2. The van der Waals surface area contributed by atoms with Crippen molar-refractivity contribution in [3.05, 3.63) is 65.1 Å². The molecule has 2 aliphatic rings. The highest BCUT2D eigenvalue weighted by molar-refractivity contribution is 5.85. The summed E-state index contributed by atoms with van der Waals surface area (Å²) in [5, 5.41) is 13.6. The predicted molar refractivity (Wildman–Crippen MR) is 158 cm³/mol. The molecule has 2 fully saturated rings. The molecule has 2 aromatic carbocycles. The van der Waals surface area contributed by atoms with Gasteiger partial charge in [0.2, 0.25) is 0 Å². The zero-order valence-corrected chi connectivity index (χ0v) is 24.8. The number of nitrogens with one attached hydrogen (secondary N) is 1. The highest BCUT2D eigenvalue weighted by Crippen LogP contribution is 2.42. The van der Waals surface area contributed by atoms with Gasteiger partial charge in [0.1, 0.15) is 23.4 Å². The van der Waals surface area contributed by atoms with Crippen molar-refractivity contribution in [3.63, 3.8) is 0 Å². The monoisotopic (exact) mass is 618 g/mol. The maximum absolute atomic E-state index is 16.4. The third-order valence-electron chi connectivity index (χ3n) is 8.89. The summed E-state index contributed by atoms with van der Waals surface area (Å²) in [4.78, 5) is 21.3. The van der Waals surface area contributed by atoms with E-state index in [4.69, 9.17) is 9.47 Å². The van der Waals surface area contributed by atoms with Gasteiger partial charge in [-0.25, -0.2) is 17.6 Å². The van der Waals surface area contributed by atoms with E-state index in [1.54, 1.807) is 31.5 Å². The zero-order valence-electron chi connectivity index (χ0n) is 24.8. The van der Waals surface area contributed by atoms with Crippen LogP contribution in [0.2, 0.25) is 0 Å². The van der Waals surface area contributed by atoms with E-state index in [1.165, 1.54) is 0 Å². The van der Waals surface area contributed by atoms with Crippen molar-refractivity contribution in [1.29, 1.82) is 0 Å². The number of methoxy groups -OCH3 is 1. The number of carboxylic acids is 1. The van der Waals surface area contributed by atoms with E-state index < -0.39 is 40.7 Å². The van der Waals surface area contributed by atoms with Crippen LogP contribution in [0.3, 0.4) is 0 Å². The van der Waals surface area contributed by atoms with Gasteiger partial charge in [0, 0.05) is 62.0 Å². The molecular formula is C32H38F4N4O4. The highest BCUT2D eigenvalue weighted by Gasteiger charge is 2.42. The predicted octanol–water partition coefficient (Wildman–Crippen LogP) is 5.56. The molecule has 1 aromatic heterocycles. The molecule has 8 nitrogen and oxygen atoms in total. The number of carbonyl (C=O) groups is 1. The largest absolute Gasteiger partial charge is 0.497 e. The van der Waals surface area contributed by atoms with Crippen LogP contribution in [0, 0.1) is 22.9 Å². The van der Waals surface area contributed by atoms with Crippen LogP contribution in [0.5, 0.6) is 5.75 Å². The topological polar surface area (TPSA) is 87.2 Å². The summed E-state index contributed by atoms with van der Waals surface area (Å²) in [7, 11) is 1.55. The Kier molecular flexibility index (Phi) is 10.2. The summed E-state index contributed by atoms with van der Waals surface area (Å²) in [6, 6.07) is 6.59. The first-order valence-electron chi connectivity index (χ1n) is 14.9. The Morgan fingerprint density at radius 3 is 2.45 bits per heavy atom. The Morgan fingerprint density at radius 2 is 1.80 bits per heavy atom. The number of pyridine rings is 1. The van der Waals surface area contributed by atoms with E-state index in [0.29, 0.717) is 86.6 Å². The molecule has 238 valence electrons. The second-order valence-electron chi connectivity index (χ2n) is 11.6. The van der Waals surface area contributed by atoms with Crippen LogP contribution >= 0.6 is 0 Å². The second kappa shape index (κ2) is 14.1. The molecule has 12 heteroatoms. The third kappa shape index (κ3) is 7.24. The summed E-state index contributed by atoms with van der Waals surface area (Å²) in [5.41, 5.74) is 0.440. The number of benzene rings is 2. The van der Waals surface area contributed by atoms with Gasteiger partial charge in [0.05, 0.1) is 31.3 Å². The van der Waals surface area contributed by atoms with Gasteiger partial charge in [0.25, 0.3) is 0 Å². The molecule has 5 rings (SSSR count). The average molecular weight is 619 g/mol. The van der Waals surface area contributed by atoms with Crippen molar-refractivity contribution in [2.24, 2.45) is 5.41 Å². The number of likely N-dealkylation sites (tertiary alicyclic amines) is 1. The molecule has 2 aliphatic heterocycles. The molecule has 2 N–H and O–H groups in total. The zero-order chi connectivity index (χ0) is 31.3. The van der Waals surface area contributed by atoms with Crippen LogP contribution < -0.4 is 10.1 Å². The number of nitrogens with zero attached hydrogens (tertiary/aromatic N) is 3. The molecule has 0 unspecified atom stereocenters. The van der Waals surface area contributed by atoms with E-state index >= 15 is 4.39 Å². The number of rotatable bonds is 12. The Bertz CT molecular complexity index is 1440. The Hall–Kier alpha value is -3.48. The van der Waals surface area contributed by atoms with Crippen LogP contribution in [-0.2, 0) is 16.1 Å². The summed E-state index contributed by atoms with van der Waals surface area (Å²) in [6.45, 7) is 4.67. The first-order valence-corrected chi connectivity index (χ1v) is 14.9. The standard InChI is InChI=1S/C32H38F4N4O4/c1-43-23-2-3-28-24(18-23)29(21(19-38-28)20-40-12-14-44-15-13-40)25(34)4-5-32(31(41)42)6-9-39(10-7-32)11-8-37-30-26(35)16-22(33)17-27(30)36/h2-3,16-19,25,37H,4-15,20H2,1H3,(H,41,42)/t25-/m0/s1. The minimum atomic E-state index is -1.41. The van der Waals surface area contributed by atoms with E-state index in [9.17, 15) is 23.1 Å². The number of halogens is 4. The minimum Gasteiger partial charge on any atom is -0.497 e. The Labute approximate surface area is 253 Å². The van der Waals surface area contributed by atoms with Crippen LogP contribution in [-0.4, -0.2) is 85.5 Å². The van der Waals surface area contributed by atoms with Gasteiger partial charge in [-0.2, -0.15) is 0 Å². The Morgan fingerprint density at radius 1 is 1.09 bits per heavy atom. The number of piperidine rings is 1. The van der Waals surface area contributed by atoms with E-state index in [1.807, 2.05) is 4.90 Å². The van der Waals surface area contributed by atoms with Gasteiger partial charge in [0.15, 0.2) is 11.6 Å². The fourth-order valence-corrected chi connectivity index (χ4v) is 6.23. The lowest BCUT2D eigenvalue weighted by molar-refractivity contribution is -0.153. The minimum absolute atomic E-state index is 0.0312. The van der Waals surface area contributed by atoms with Gasteiger partial charge in [-0.05, 0) is 62.5 Å². The molecule has 0 radical (unpaired) electrons. The normalized spacial score (nSPS) is 18.3. The molecule has 0 spiro atoms. The van der Waals surface area contributed by atoms with Gasteiger partial charge < -0.3 is 24.8 Å². The molecular weight excluding hydrogens is 580 g/mol. The molecule has 0 amide bonds. The smallest absolute Gasteiger partial charge is 0.309 e. The molecule has 0 aliphatic carbocycles. The van der Waals surface area contributed by atoms with Crippen LogP contribution in [0.1, 0.15) is 43.0 Å². The fourth-order valence-electron chi connectivity index (χ4n) is 6.23. The fraction of sp³-hybridized carbons (Fsp3) is 0.500. The van der Waals surface area contributed by atoms with E-state index in [-0.39, 0.29) is 19.4 Å². The molecule has 3 aromatic rings.